The first-order valence-corrected chi connectivity index (χ1v) is 11.6. The molecule has 2 aliphatic rings. The lowest BCUT2D eigenvalue weighted by Gasteiger charge is -2.41. The molecule has 29 heavy (non-hydrogen) atoms. The largest absolute Gasteiger partial charge is 0.530 e. The number of hydrogen-bond acceptors (Lipinski definition) is 10. The van der Waals surface area contributed by atoms with E-state index in [2.05, 4.69) is 0 Å². The van der Waals surface area contributed by atoms with Crippen molar-refractivity contribution in [1.82, 2.24) is 0 Å². The first-order valence-electron chi connectivity index (χ1n) is 8.66. The molecule has 2 aliphatic heterocycles. The average molecular weight is 442 g/mol. The minimum atomic E-state index is -3.80. The van der Waals surface area contributed by atoms with Crippen LogP contribution >= 0.6 is 15.6 Å². The molecule has 0 radical (unpaired) electrons. The first kappa shape index (κ1) is 20.2. The summed E-state index contributed by atoms with van der Waals surface area (Å²) in [6.45, 7) is -0.107. The smallest absolute Gasteiger partial charge is 0.404 e. The van der Waals surface area contributed by atoms with E-state index in [0.717, 1.165) is 0 Å². The fourth-order valence-corrected chi connectivity index (χ4v) is 5.46. The van der Waals surface area contributed by atoms with Crippen molar-refractivity contribution < 1.29 is 36.3 Å². The Morgan fingerprint density at radius 3 is 1.28 bits per heavy atom. The van der Waals surface area contributed by atoms with Crippen LogP contribution in [0, 0.1) is 5.41 Å². The van der Waals surface area contributed by atoms with Gasteiger partial charge in [0.05, 0.1) is 31.8 Å². The molecule has 4 rings (SSSR count). The zero-order chi connectivity index (χ0) is 20.5. The maximum Gasteiger partial charge on any atom is 0.530 e. The molecule has 4 N–H and O–H groups in total. The van der Waals surface area contributed by atoms with Crippen molar-refractivity contribution >= 4 is 27.0 Å². The van der Waals surface area contributed by atoms with Gasteiger partial charge >= 0.3 is 15.6 Å². The van der Waals surface area contributed by atoms with Crippen LogP contribution in [0.15, 0.2) is 48.5 Å². The molecule has 0 amide bonds. The number of nitrogens with two attached hydrogens (primary N) is 2. The Hall–Kier alpha value is -2.06. The van der Waals surface area contributed by atoms with Crippen LogP contribution in [-0.4, -0.2) is 26.4 Å². The molecule has 2 aromatic rings. The number of phosphoric acid groups is 2. The van der Waals surface area contributed by atoms with Gasteiger partial charge in [-0.2, -0.15) is 0 Å². The molecular formula is C17H20N2O8P2. The van der Waals surface area contributed by atoms with Crippen LogP contribution in [0.4, 0.5) is 11.4 Å². The molecule has 2 aromatic carbocycles. The molecule has 12 heteroatoms. The normalized spacial score (nSPS) is 32.0. The van der Waals surface area contributed by atoms with Gasteiger partial charge in [0.15, 0.2) is 0 Å². The Morgan fingerprint density at radius 2 is 0.966 bits per heavy atom. The van der Waals surface area contributed by atoms with Gasteiger partial charge in [0.1, 0.15) is 11.5 Å². The highest BCUT2D eigenvalue weighted by molar-refractivity contribution is 7.49. The molecule has 0 aromatic heterocycles. The summed E-state index contributed by atoms with van der Waals surface area (Å²) in [6, 6.07) is 12.7. The number of anilines is 2. The van der Waals surface area contributed by atoms with Gasteiger partial charge in [-0.25, -0.2) is 9.13 Å². The maximum atomic E-state index is 12.6. The van der Waals surface area contributed by atoms with E-state index in [-0.39, 0.29) is 26.4 Å². The SMILES string of the molecule is Nc1ccc(OP2(=O)OCC3(CO2)COP(=O)(Oc2ccc(N)cc2)OC3)cc1. The Balaban J connectivity index is 1.34. The Kier molecular flexibility index (Phi) is 5.33. The predicted molar refractivity (Wildman–Crippen MR) is 104 cm³/mol. The predicted octanol–water partition coefficient (Wildman–Crippen LogP) is 3.61. The third-order valence-electron chi connectivity index (χ3n) is 4.31. The van der Waals surface area contributed by atoms with Gasteiger partial charge in [0.2, 0.25) is 0 Å². The molecular weight excluding hydrogens is 422 g/mol. The highest BCUT2D eigenvalue weighted by Gasteiger charge is 2.51. The zero-order valence-electron chi connectivity index (χ0n) is 15.3. The minimum absolute atomic E-state index is 0.0267. The van der Waals surface area contributed by atoms with E-state index >= 15 is 0 Å². The standard InChI is InChI=1S/C17H20N2O8P2/c18-13-1-5-15(6-2-13)26-28(20)22-9-17(10-23-28)11-24-29(21,25-12-17)27-16-7-3-14(19)4-8-16/h1-8H,9-12,18-19H2. The molecule has 0 aliphatic carbocycles. The second-order valence-corrected chi connectivity index (χ2v) is 10.00. The molecule has 2 fully saturated rings. The third kappa shape index (κ3) is 4.75. The Labute approximate surface area is 167 Å². The molecule has 0 bridgehead atoms. The van der Waals surface area contributed by atoms with Crippen molar-refractivity contribution in [3.63, 3.8) is 0 Å². The van der Waals surface area contributed by atoms with Crippen LogP contribution in [-0.2, 0) is 27.2 Å². The molecule has 10 nitrogen and oxygen atoms in total. The van der Waals surface area contributed by atoms with Crippen LogP contribution < -0.4 is 20.5 Å². The highest BCUT2D eigenvalue weighted by Crippen LogP contribution is 2.59. The lowest BCUT2D eigenvalue weighted by atomic mass is 9.93. The topological polar surface area (TPSA) is 142 Å². The van der Waals surface area contributed by atoms with Crippen LogP contribution in [0.2, 0.25) is 0 Å². The fourth-order valence-electron chi connectivity index (χ4n) is 2.61. The number of phosphoric ester groups is 2. The van der Waals surface area contributed by atoms with Gasteiger partial charge in [0.25, 0.3) is 0 Å². The van der Waals surface area contributed by atoms with Crippen LogP contribution in [0.1, 0.15) is 0 Å². The summed E-state index contributed by atoms with van der Waals surface area (Å²) < 4.78 is 57.4. The lowest BCUT2D eigenvalue weighted by molar-refractivity contribution is -0.0853. The van der Waals surface area contributed by atoms with Crippen molar-refractivity contribution in [3.05, 3.63) is 48.5 Å². The Bertz CT molecular complexity index is 859. The summed E-state index contributed by atoms with van der Waals surface area (Å²) in [5, 5.41) is 0. The van der Waals surface area contributed by atoms with Crippen molar-refractivity contribution in [2.24, 2.45) is 5.41 Å². The molecule has 0 saturated carbocycles. The second kappa shape index (κ2) is 7.65. The molecule has 1 spiro atoms. The van der Waals surface area contributed by atoms with E-state index in [9.17, 15) is 9.13 Å². The van der Waals surface area contributed by atoms with Gasteiger partial charge in [0, 0.05) is 11.4 Å². The number of nitrogen functional groups attached to an aromatic ring is 2. The second-order valence-electron chi connectivity index (χ2n) is 6.81. The van der Waals surface area contributed by atoms with E-state index < -0.39 is 21.1 Å². The number of benzene rings is 2. The van der Waals surface area contributed by atoms with E-state index in [0.29, 0.717) is 22.9 Å². The van der Waals surface area contributed by atoms with Gasteiger partial charge in [-0.05, 0) is 48.5 Å². The molecule has 0 unspecified atom stereocenters. The van der Waals surface area contributed by atoms with Gasteiger partial charge in [-0.1, -0.05) is 0 Å². The van der Waals surface area contributed by atoms with Gasteiger partial charge in [-0.15, -0.1) is 0 Å². The molecule has 156 valence electrons. The van der Waals surface area contributed by atoms with E-state index in [1.165, 1.54) is 0 Å². The van der Waals surface area contributed by atoms with E-state index in [4.69, 9.17) is 38.6 Å². The minimum Gasteiger partial charge on any atom is -0.404 e. The van der Waals surface area contributed by atoms with Crippen molar-refractivity contribution in [2.75, 3.05) is 37.9 Å². The zero-order valence-corrected chi connectivity index (χ0v) is 17.1. The first-order chi connectivity index (χ1) is 13.8. The maximum absolute atomic E-state index is 12.6. The van der Waals surface area contributed by atoms with Crippen molar-refractivity contribution in [1.29, 1.82) is 0 Å². The molecule has 0 atom stereocenters. The monoisotopic (exact) mass is 442 g/mol. The summed E-state index contributed by atoms with van der Waals surface area (Å²) in [5.74, 6) is 0.604. The van der Waals surface area contributed by atoms with E-state index in [1.54, 1.807) is 48.5 Å². The Morgan fingerprint density at radius 1 is 0.655 bits per heavy atom. The summed E-state index contributed by atoms with van der Waals surface area (Å²) in [6.07, 6.45) is 0. The van der Waals surface area contributed by atoms with Gasteiger partial charge < -0.3 is 20.5 Å². The van der Waals surface area contributed by atoms with Crippen molar-refractivity contribution in [2.45, 2.75) is 0 Å². The lowest BCUT2D eigenvalue weighted by Crippen LogP contribution is -2.46. The quantitative estimate of drug-likeness (QED) is 0.533. The highest BCUT2D eigenvalue weighted by atomic mass is 31.2. The molecule has 2 heterocycles. The molecule has 2 saturated heterocycles. The number of hydrogen-bond donors (Lipinski definition) is 2. The van der Waals surface area contributed by atoms with Crippen LogP contribution in [0.3, 0.4) is 0 Å². The van der Waals surface area contributed by atoms with Gasteiger partial charge in [-0.3, -0.25) is 18.1 Å². The summed E-state index contributed by atoms with van der Waals surface area (Å²) in [5.41, 5.74) is 11.5. The fraction of sp³-hybridized carbons (Fsp3) is 0.294. The average Bonchev–Trinajstić information content (AvgIpc) is 2.71. The summed E-state index contributed by atoms with van der Waals surface area (Å²) >= 11 is 0. The number of rotatable bonds is 4. The summed E-state index contributed by atoms with van der Waals surface area (Å²) in [4.78, 5) is 0. The van der Waals surface area contributed by atoms with Crippen LogP contribution in [0.25, 0.3) is 0 Å². The summed E-state index contributed by atoms with van der Waals surface area (Å²) in [7, 11) is -7.60. The third-order valence-corrected chi connectivity index (χ3v) is 6.96. The van der Waals surface area contributed by atoms with Crippen molar-refractivity contribution in [3.8, 4) is 11.5 Å². The van der Waals surface area contributed by atoms with Crippen LogP contribution in [0.5, 0.6) is 11.5 Å². The van der Waals surface area contributed by atoms with E-state index in [1.807, 2.05) is 0 Å².